The molecule has 0 aliphatic heterocycles. The van der Waals surface area contributed by atoms with E-state index in [4.69, 9.17) is 4.74 Å². The molecule has 3 heteroatoms. The topological polar surface area (TPSA) is 29.5 Å². The Balaban J connectivity index is 2.33. The standard InChI is InChI=1S/C10H19NO2/c1-8(2)6-7-11(9-4-5-9)10(12)13-3/h8-9H,4-7H2,1-3H3. The maximum atomic E-state index is 11.3. The van der Waals surface area contributed by atoms with Crippen LogP contribution < -0.4 is 0 Å². The van der Waals surface area contributed by atoms with Crippen molar-refractivity contribution in [3.63, 3.8) is 0 Å². The predicted molar refractivity (Wildman–Crippen MR) is 51.6 cm³/mol. The van der Waals surface area contributed by atoms with Gasteiger partial charge in [0.05, 0.1) is 7.11 Å². The molecule has 0 saturated heterocycles. The second-order valence-corrected chi connectivity index (χ2v) is 4.08. The van der Waals surface area contributed by atoms with Crippen LogP contribution in [0.5, 0.6) is 0 Å². The average molecular weight is 185 g/mol. The molecule has 1 rings (SSSR count). The Labute approximate surface area is 80.1 Å². The molecule has 1 aliphatic rings. The largest absolute Gasteiger partial charge is 0.453 e. The summed E-state index contributed by atoms with van der Waals surface area (Å²) in [5, 5.41) is 0. The van der Waals surface area contributed by atoms with Crippen molar-refractivity contribution in [2.24, 2.45) is 5.92 Å². The van der Waals surface area contributed by atoms with E-state index in [-0.39, 0.29) is 6.09 Å². The van der Waals surface area contributed by atoms with Gasteiger partial charge in [-0.2, -0.15) is 0 Å². The van der Waals surface area contributed by atoms with E-state index >= 15 is 0 Å². The van der Waals surface area contributed by atoms with Crippen molar-refractivity contribution < 1.29 is 9.53 Å². The third kappa shape index (κ3) is 3.25. The Kier molecular flexibility index (Phi) is 3.58. The summed E-state index contributed by atoms with van der Waals surface area (Å²) in [7, 11) is 1.45. The molecule has 0 aromatic carbocycles. The van der Waals surface area contributed by atoms with Gasteiger partial charge in [0.2, 0.25) is 0 Å². The Morgan fingerprint density at radius 3 is 2.54 bits per heavy atom. The molecule has 0 N–H and O–H groups in total. The highest BCUT2D eigenvalue weighted by Gasteiger charge is 2.32. The summed E-state index contributed by atoms with van der Waals surface area (Å²) in [6.07, 6.45) is 3.19. The fraction of sp³-hybridized carbons (Fsp3) is 0.900. The second-order valence-electron chi connectivity index (χ2n) is 4.08. The zero-order valence-electron chi connectivity index (χ0n) is 8.75. The van der Waals surface area contributed by atoms with E-state index in [0.29, 0.717) is 12.0 Å². The quantitative estimate of drug-likeness (QED) is 0.672. The molecule has 13 heavy (non-hydrogen) atoms. The number of ether oxygens (including phenoxy) is 1. The summed E-state index contributed by atoms with van der Waals surface area (Å²) < 4.78 is 4.73. The maximum absolute atomic E-state index is 11.3. The number of amides is 1. The van der Waals surface area contributed by atoms with E-state index in [1.165, 1.54) is 7.11 Å². The maximum Gasteiger partial charge on any atom is 0.409 e. The molecule has 0 radical (unpaired) electrons. The normalized spacial score (nSPS) is 16.0. The van der Waals surface area contributed by atoms with E-state index < -0.39 is 0 Å². The van der Waals surface area contributed by atoms with Gasteiger partial charge in [0, 0.05) is 12.6 Å². The van der Waals surface area contributed by atoms with Gasteiger partial charge in [0.15, 0.2) is 0 Å². The minimum Gasteiger partial charge on any atom is -0.453 e. The number of hydrogen-bond acceptors (Lipinski definition) is 2. The molecular weight excluding hydrogens is 166 g/mol. The summed E-state index contributed by atoms with van der Waals surface area (Å²) in [6, 6.07) is 0.464. The molecule has 0 aromatic heterocycles. The Morgan fingerprint density at radius 2 is 2.15 bits per heavy atom. The SMILES string of the molecule is COC(=O)N(CCC(C)C)C1CC1. The van der Waals surface area contributed by atoms with Gasteiger partial charge in [0.25, 0.3) is 0 Å². The van der Waals surface area contributed by atoms with Gasteiger partial charge in [-0.15, -0.1) is 0 Å². The summed E-state index contributed by atoms with van der Waals surface area (Å²) in [4.78, 5) is 13.2. The molecule has 0 aromatic rings. The van der Waals surface area contributed by atoms with E-state index in [0.717, 1.165) is 25.8 Å². The number of carbonyl (C=O) groups excluding carboxylic acids is 1. The van der Waals surface area contributed by atoms with Crippen molar-refractivity contribution in [2.75, 3.05) is 13.7 Å². The smallest absolute Gasteiger partial charge is 0.409 e. The van der Waals surface area contributed by atoms with Crippen LogP contribution in [0.15, 0.2) is 0 Å². The van der Waals surface area contributed by atoms with Gasteiger partial charge >= 0.3 is 6.09 Å². The van der Waals surface area contributed by atoms with Crippen molar-refractivity contribution in [1.82, 2.24) is 4.90 Å². The summed E-state index contributed by atoms with van der Waals surface area (Å²) in [5.74, 6) is 0.644. The lowest BCUT2D eigenvalue weighted by atomic mass is 10.1. The van der Waals surface area contributed by atoms with Gasteiger partial charge in [-0.1, -0.05) is 13.8 Å². The van der Waals surface area contributed by atoms with Crippen LogP contribution in [-0.2, 0) is 4.74 Å². The zero-order chi connectivity index (χ0) is 9.84. The number of carbonyl (C=O) groups is 1. The molecule has 0 unspecified atom stereocenters. The molecule has 1 fully saturated rings. The Bertz CT molecular complexity index is 176. The molecule has 0 spiro atoms. The van der Waals surface area contributed by atoms with Crippen molar-refractivity contribution >= 4 is 6.09 Å². The lowest BCUT2D eigenvalue weighted by Gasteiger charge is -2.21. The van der Waals surface area contributed by atoms with Crippen LogP contribution in [0.1, 0.15) is 33.1 Å². The first-order valence-electron chi connectivity index (χ1n) is 4.99. The van der Waals surface area contributed by atoms with E-state index in [2.05, 4.69) is 13.8 Å². The first-order valence-corrected chi connectivity index (χ1v) is 4.99. The number of nitrogens with zero attached hydrogens (tertiary/aromatic N) is 1. The van der Waals surface area contributed by atoms with Crippen LogP contribution in [0.25, 0.3) is 0 Å². The average Bonchev–Trinajstić information content (AvgIpc) is 2.87. The lowest BCUT2D eigenvalue weighted by Crippen LogP contribution is -2.34. The van der Waals surface area contributed by atoms with E-state index in [1.807, 2.05) is 4.90 Å². The Hall–Kier alpha value is -0.730. The molecule has 1 aliphatic carbocycles. The highest BCUT2D eigenvalue weighted by Crippen LogP contribution is 2.27. The van der Waals surface area contributed by atoms with Crippen molar-refractivity contribution in [1.29, 1.82) is 0 Å². The third-order valence-corrected chi connectivity index (χ3v) is 2.34. The van der Waals surface area contributed by atoms with Crippen LogP contribution >= 0.6 is 0 Å². The van der Waals surface area contributed by atoms with Crippen molar-refractivity contribution in [2.45, 2.75) is 39.2 Å². The van der Waals surface area contributed by atoms with Gasteiger partial charge in [-0.05, 0) is 25.2 Å². The highest BCUT2D eigenvalue weighted by atomic mass is 16.5. The monoisotopic (exact) mass is 185 g/mol. The van der Waals surface area contributed by atoms with E-state index in [9.17, 15) is 4.79 Å². The molecule has 0 atom stereocenters. The minimum absolute atomic E-state index is 0.164. The molecule has 1 saturated carbocycles. The third-order valence-electron chi connectivity index (χ3n) is 2.34. The lowest BCUT2D eigenvalue weighted by molar-refractivity contribution is 0.118. The fourth-order valence-corrected chi connectivity index (χ4v) is 1.32. The van der Waals surface area contributed by atoms with Crippen LogP contribution in [0.2, 0.25) is 0 Å². The van der Waals surface area contributed by atoms with Gasteiger partial charge in [-0.25, -0.2) is 4.79 Å². The first kappa shape index (κ1) is 10.4. The number of methoxy groups -OCH3 is 1. The molecular formula is C10H19NO2. The van der Waals surface area contributed by atoms with Crippen molar-refractivity contribution in [3.05, 3.63) is 0 Å². The second kappa shape index (κ2) is 4.49. The van der Waals surface area contributed by atoms with E-state index in [1.54, 1.807) is 0 Å². The molecule has 76 valence electrons. The Morgan fingerprint density at radius 1 is 1.54 bits per heavy atom. The van der Waals surface area contributed by atoms with Crippen molar-refractivity contribution in [3.8, 4) is 0 Å². The van der Waals surface area contributed by atoms with Gasteiger partial charge in [0.1, 0.15) is 0 Å². The van der Waals surface area contributed by atoms with Crippen LogP contribution in [-0.4, -0.2) is 30.7 Å². The van der Waals surface area contributed by atoms with Crippen LogP contribution in [0.4, 0.5) is 4.79 Å². The van der Waals surface area contributed by atoms with Gasteiger partial charge < -0.3 is 9.64 Å². The summed E-state index contributed by atoms with van der Waals surface area (Å²) in [6.45, 7) is 5.18. The first-order chi connectivity index (χ1) is 6.15. The fourth-order valence-electron chi connectivity index (χ4n) is 1.32. The molecule has 0 heterocycles. The molecule has 0 bridgehead atoms. The summed E-state index contributed by atoms with van der Waals surface area (Å²) >= 11 is 0. The molecule has 3 nitrogen and oxygen atoms in total. The van der Waals surface area contributed by atoms with Crippen LogP contribution in [0.3, 0.4) is 0 Å². The molecule has 1 amide bonds. The zero-order valence-corrected chi connectivity index (χ0v) is 8.75. The number of hydrogen-bond donors (Lipinski definition) is 0. The van der Waals surface area contributed by atoms with Crippen LogP contribution in [0, 0.1) is 5.92 Å². The number of rotatable bonds is 4. The highest BCUT2D eigenvalue weighted by molar-refractivity contribution is 5.68. The predicted octanol–water partition coefficient (Wildman–Crippen LogP) is 2.26. The minimum atomic E-state index is -0.164. The summed E-state index contributed by atoms with van der Waals surface area (Å²) in [5.41, 5.74) is 0. The van der Waals surface area contributed by atoms with Gasteiger partial charge in [-0.3, -0.25) is 0 Å².